The fourth-order valence-corrected chi connectivity index (χ4v) is 1.64. The summed E-state index contributed by atoms with van der Waals surface area (Å²) in [5, 5.41) is 0. The molecule has 0 saturated heterocycles. The first-order valence-corrected chi connectivity index (χ1v) is 6.30. The monoisotopic (exact) mass is 234 g/mol. The second kappa shape index (κ2) is 6.50. The zero-order chi connectivity index (χ0) is 12.8. The van der Waals surface area contributed by atoms with E-state index < -0.39 is 0 Å². The molecule has 0 spiro atoms. The maximum absolute atomic E-state index is 11.9. The Morgan fingerprint density at radius 3 is 2.59 bits per heavy atom. The van der Waals surface area contributed by atoms with Crippen LogP contribution in [-0.4, -0.2) is 16.8 Å². The summed E-state index contributed by atoms with van der Waals surface area (Å²) in [5.74, 6) is 0.313. The number of hydrogen-bond acceptors (Lipinski definition) is 3. The minimum atomic E-state index is -0.368. The van der Waals surface area contributed by atoms with E-state index in [0.717, 1.165) is 18.5 Å². The minimum Gasteiger partial charge on any atom is -0.321 e. The summed E-state index contributed by atoms with van der Waals surface area (Å²) in [5.41, 5.74) is 7.90. The Labute approximate surface area is 103 Å². The topological polar surface area (TPSA) is 56.0 Å². The quantitative estimate of drug-likeness (QED) is 0.820. The van der Waals surface area contributed by atoms with Gasteiger partial charge in [-0.2, -0.15) is 0 Å². The van der Waals surface area contributed by atoms with Crippen molar-refractivity contribution in [3.8, 4) is 0 Å². The van der Waals surface area contributed by atoms with Crippen molar-refractivity contribution in [3.63, 3.8) is 0 Å². The smallest absolute Gasteiger partial charge is 0.155 e. The lowest BCUT2D eigenvalue weighted by atomic mass is 9.94. The highest BCUT2D eigenvalue weighted by Crippen LogP contribution is 2.09. The maximum Gasteiger partial charge on any atom is 0.155 e. The highest BCUT2D eigenvalue weighted by molar-refractivity contribution is 5.85. The van der Waals surface area contributed by atoms with Gasteiger partial charge < -0.3 is 5.73 Å². The summed E-state index contributed by atoms with van der Waals surface area (Å²) < 4.78 is 0. The molecule has 2 atom stereocenters. The third-order valence-electron chi connectivity index (χ3n) is 3.28. The Balaban J connectivity index is 2.61. The van der Waals surface area contributed by atoms with Crippen molar-refractivity contribution in [1.82, 2.24) is 4.98 Å². The lowest BCUT2D eigenvalue weighted by molar-refractivity contribution is -0.120. The van der Waals surface area contributed by atoms with Gasteiger partial charge in [-0.05, 0) is 24.0 Å². The Kier molecular flexibility index (Phi) is 5.29. The molecule has 0 radical (unpaired) electrons. The van der Waals surface area contributed by atoms with Gasteiger partial charge >= 0.3 is 0 Å². The van der Waals surface area contributed by atoms with Crippen LogP contribution in [0.25, 0.3) is 0 Å². The van der Waals surface area contributed by atoms with Crippen LogP contribution in [0, 0.1) is 5.92 Å². The van der Waals surface area contributed by atoms with Crippen molar-refractivity contribution in [1.29, 1.82) is 0 Å². The summed E-state index contributed by atoms with van der Waals surface area (Å²) in [7, 11) is 0. The molecule has 0 aliphatic heterocycles. The normalized spacial score (nSPS) is 14.4. The van der Waals surface area contributed by atoms with Crippen molar-refractivity contribution in [2.45, 2.75) is 46.1 Å². The standard InChI is InChI=1S/C14H22N2O/c1-4-10(3)14(15)13(17)8-12-7-6-11(5-2)9-16-12/h6-7,9-10,14H,4-5,8,15H2,1-3H3. The van der Waals surface area contributed by atoms with Gasteiger partial charge in [-0.3, -0.25) is 9.78 Å². The molecule has 17 heavy (non-hydrogen) atoms. The number of carbonyl (C=O) groups is 1. The SMILES string of the molecule is CCc1ccc(CC(=O)C(N)C(C)CC)nc1. The molecular formula is C14H22N2O. The second-order valence-electron chi connectivity index (χ2n) is 4.57. The fourth-order valence-electron chi connectivity index (χ4n) is 1.64. The van der Waals surface area contributed by atoms with Crippen LogP contribution in [0.4, 0.5) is 0 Å². The van der Waals surface area contributed by atoms with Crippen LogP contribution in [0.2, 0.25) is 0 Å². The third-order valence-corrected chi connectivity index (χ3v) is 3.28. The molecule has 1 aromatic heterocycles. The Hall–Kier alpha value is -1.22. The van der Waals surface area contributed by atoms with Gasteiger partial charge in [0.2, 0.25) is 0 Å². The van der Waals surface area contributed by atoms with Gasteiger partial charge in [0.25, 0.3) is 0 Å². The summed E-state index contributed by atoms with van der Waals surface area (Å²) in [6.07, 6.45) is 4.07. The first kappa shape index (κ1) is 13.8. The van der Waals surface area contributed by atoms with Crippen LogP contribution < -0.4 is 5.73 Å². The number of nitrogens with zero attached hydrogens (tertiary/aromatic N) is 1. The molecule has 2 unspecified atom stereocenters. The van der Waals surface area contributed by atoms with E-state index in [2.05, 4.69) is 11.9 Å². The average molecular weight is 234 g/mol. The van der Waals surface area contributed by atoms with E-state index in [1.807, 2.05) is 32.2 Å². The number of Topliss-reactive ketones (excluding diaryl/α,β-unsaturated/α-hetero) is 1. The van der Waals surface area contributed by atoms with E-state index >= 15 is 0 Å². The van der Waals surface area contributed by atoms with E-state index in [9.17, 15) is 4.79 Å². The molecule has 0 aliphatic rings. The Morgan fingerprint density at radius 2 is 2.12 bits per heavy atom. The molecule has 0 fully saturated rings. The van der Waals surface area contributed by atoms with E-state index in [1.165, 1.54) is 5.56 Å². The summed E-state index contributed by atoms with van der Waals surface area (Å²) >= 11 is 0. The number of hydrogen-bond donors (Lipinski definition) is 1. The molecule has 3 heteroatoms. The maximum atomic E-state index is 11.9. The molecule has 1 heterocycles. The Bertz CT molecular complexity index is 359. The van der Waals surface area contributed by atoms with Gasteiger partial charge in [0, 0.05) is 11.9 Å². The minimum absolute atomic E-state index is 0.0797. The zero-order valence-electron chi connectivity index (χ0n) is 10.9. The van der Waals surface area contributed by atoms with E-state index in [0.29, 0.717) is 6.42 Å². The largest absolute Gasteiger partial charge is 0.321 e. The van der Waals surface area contributed by atoms with E-state index in [1.54, 1.807) is 0 Å². The molecule has 1 aromatic rings. The Morgan fingerprint density at radius 1 is 1.41 bits per heavy atom. The van der Waals surface area contributed by atoms with Crippen molar-refractivity contribution >= 4 is 5.78 Å². The van der Waals surface area contributed by atoms with Gasteiger partial charge in [-0.15, -0.1) is 0 Å². The van der Waals surface area contributed by atoms with Crippen LogP contribution in [-0.2, 0) is 17.6 Å². The summed E-state index contributed by atoms with van der Waals surface area (Å²) in [6, 6.07) is 3.57. The molecular weight excluding hydrogens is 212 g/mol. The van der Waals surface area contributed by atoms with Crippen LogP contribution >= 0.6 is 0 Å². The second-order valence-corrected chi connectivity index (χ2v) is 4.57. The van der Waals surface area contributed by atoms with E-state index in [4.69, 9.17) is 5.73 Å². The molecule has 3 nitrogen and oxygen atoms in total. The van der Waals surface area contributed by atoms with E-state index in [-0.39, 0.29) is 17.7 Å². The highest BCUT2D eigenvalue weighted by Gasteiger charge is 2.19. The fraction of sp³-hybridized carbons (Fsp3) is 0.571. The van der Waals surface area contributed by atoms with Crippen molar-refractivity contribution < 1.29 is 4.79 Å². The number of pyridine rings is 1. The molecule has 0 aliphatic carbocycles. The number of nitrogens with two attached hydrogens (primary N) is 1. The van der Waals surface area contributed by atoms with Gasteiger partial charge in [-0.25, -0.2) is 0 Å². The van der Waals surface area contributed by atoms with Crippen LogP contribution in [0.15, 0.2) is 18.3 Å². The number of aryl methyl sites for hydroxylation is 1. The van der Waals surface area contributed by atoms with Crippen LogP contribution in [0.3, 0.4) is 0 Å². The van der Waals surface area contributed by atoms with Crippen LogP contribution in [0.5, 0.6) is 0 Å². The third kappa shape index (κ3) is 3.93. The number of aromatic nitrogens is 1. The van der Waals surface area contributed by atoms with Crippen molar-refractivity contribution in [3.05, 3.63) is 29.6 Å². The lowest BCUT2D eigenvalue weighted by Crippen LogP contribution is -2.37. The zero-order valence-corrected chi connectivity index (χ0v) is 10.9. The van der Waals surface area contributed by atoms with Gasteiger partial charge in [0.05, 0.1) is 12.5 Å². The predicted molar refractivity (Wildman–Crippen MR) is 69.8 cm³/mol. The summed E-state index contributed by atoms with van der Waals surface area (Å²) in [6.45, 7) is 6.14. The number of ketones is 1. The lowest BCUT2D eigenvalue weighted by Gasteiger charge is -2.16. The van der Waals surface area contributed by atoms with Crippen molar-refractivity contribution in [2.75, 3.05) is 0 Å². The highest BCUT2D eigenvalue weighted by atomic mass is 16.1. The first-order valence-electron chi connectivity index (χ1n) is 6.30. The molecule has 0 aromatic carbocycles. The number of carbonyl (C=O) groups excluding carboxylic acids is 1. The molecule has 0 saturated carbocycles. The molecule has 0 amide bonds. The molecule has 94 valence electrons. The van der Waals surface area contributed by atoms with Crippen LogP contribution in [0.1, 0.15) is 38.4 Å². The molecule has 2 N–H and O–H groups in total. The average Bonchev–Trinajstić information content (AvgIpc) is 2.37. The van der Waals surface area contributed by atoms with Gasteiger partial charge in [-0.1, -0.05) is 33.3 Å². The first-order chi connectivity index (χ1) is 8.08. The van der Waals surface area contributed by atoms with Crippen molar-refractivity contribution in [2.24, 2.45) is 11.7 Å². The van der Waals surface area contributed by atoms with Gasteiger partial charge in [0.15, 0.2) is 5.78 Å². The predicted octanol–water partition coefficient (Wildman–Crippen LogP) is 2.13. The number of rotatable bonds is 6. The summed E-state index contributed by atoms with van der Waals surface area (Å²) in [4.78, 5) is 16.2. The molecule has 1 rings (SSSR count). The molecule has 0 bridgehead atoms. The van der Waals surface area contributed by atoms with Gasteiger partial charge in [0.1, 0.15) is 0 Å².